The SMILES string of the molecule is C=C(OCc1cnc(C(C)=O)[nH]1)C1CCC(C(=O)OC/C(C)=C/N=C(CC)C(C)=O)CC1. The van der Waals surface area contributed by atoms with Crippen molar-refractivity contribution in [1.82, 2.24) is 9.97 Å². The van der Waals surface area contributed by atoms with Gasteiger partial charge in [0.25, 0.3) is 0 Å². The summed E-state index contributed by atoms with van der Waals surface area (Å²) >= 11 is 0. The minimum absolute atomic E-state index is 0.0544. The van der Waals surface area contributed by atoms with Gasteiger partial charge < -0.3 is 14.5 Å². The van der Waals surface area contributed by atoms with Gasteiger partial charge in [0.05, 0.1) is 29.3 Å². The maximum atomic E-state index is 12.4. The highest BCUT2D eigenvalue weighted by Gasteiger charge is 2.29. The van der Waals surface area contributed by atoms with E-state index >= 15 is 0 Å². The Morgan fingerprint density at radius 1 is 1.16 bits per heavy atom. The Balaban J connectivity index is 1.74. The fourth-order valence-corrected chi connectivity index (χ4v) is 3.51. The Morgan fingerprint density at radius 3 is 2.38 bits per heavy atom. The second kappa shape index (κ2) is 12.1. The molecule has 8 heteroatoms. The molecule has 174 valence electrons. The van der Waals surface area contributed by atoms with Crippen LogP contribution in [0.1, 0.15) is 76.1 Å². The van der Waals surface area contributed by atoms with Gasteiger partial charge in [-0.3, -0.25) is 19.4 Å². The van der Waals surface area contributed by atoms with Gasteiger partial charge >= 0.3 is 5.97 Å². The van der Waals surface area contributed by atoms with Crippen LogP contribution in [0.4, 0.5) is 0 Å². The number of ether oxygens (including phenoxy) is 2. The number of Topliss-reactive ketones (excluding diaryl/α,β-unsaturated/α-hetero) is 2. The number of hydrogen-bond donors (Lipinski definition) is 1. The number of aromatic amines is 1. The Morgan fingerprint density at radius 2 is 1.81 bits per heavy atom. The smallest absolute Gasteiger partial charge is 0.309 e. The van der Waals surface area contributed by atoms with Crippen LogP contribution in [0.5, 0.6) is 0 Å². The summed E-state index contributed by atoms with van der Waals surface area (Å²) in [4.78, 5) is 46.2. The van der Waals surface area contributed by atoms with Crippen LogP contribution in [0, 0.1) is 11.8 Å². The summed E-state index contributed by atoms with van der Waals surface area (Å²) in [5.41, 5.74) is 2.01. The number of imidazole rings is 1. The van der Waals surface area contributed by atoms with Crippen molar-refractivity contribution in [3.05, 3.63) is 41.8 Å². The first-order chi connectivity index (χ1) is 15.2. The van der Waals surface area contributed by atoms with Gasteiger partial charge in [0.1, 0.15) is 13.2 Å². The van der Waals surface area contributed by atoms with E-state index in [4.69, 9.17) is 9.47 Å². The number of ketones is 2. The van der Waals surface area contributed by atoms with Crippen LogP contribution in [0.25, 0.3) is 0 Å². The first-order valence-electron chi connectivity index (χ1n) is 11.0. The van der Waals surface area contributed by atoms with E-state index in [9.17, 15) is 14.4 Å². The number of esters is 1. The van der Waals surface area contributed by atoms with E-state index in [1.807, 2.05) is 13.8 Å². The molecule has 1 aromatic rings. The molecule has 0 aromatic carbocycles. The first-order valence-corrected chi connectivity index (χ1v) is 11.0. The van der Waals surface area contributed by atoms with E-state index in [2.05, 4.69) is 21.5 Å². The van der Waals surface area contributed by atoms with Crippen LogP contribution in [0.3, 0.4) is 0 Å². The average molecular weight is 444 g/mol. The summed E-state index contributed by atoms with van der Waals surface area (Å²) in [5.74, 6) is 0.665. The lowest BCUT2D eigenvalue weighted by Crippen LogP contribution is -2.25. The van der Waals surface area contributed by atoms with Crippen molar-refractivity contribution in [3.8, 4) is 0 Å². The van der Waals surface area contributed by atoms with Gasteiger partial charge in [-0.2, -0.15) is 0 Å². The van der Waals surface area contributed by atoms with Gasteiger partial charge in [-0.1, -0.05) is 13.5 Å². The predicted molar refractivity (Wildman–Crippen MR) is 121 cm³/mol. The summed E-state index contributed by atoms with van der Waals surface area (Å²) < 4.78 is 11.2. The Bertz CT molecular complexity index is 904. The summed E-state index contributed by atoms with van der Waals surface area (Å²) in [7, 11) is 0. The number of aromatic nitrogens is 2. The van der Waals surface area contributed by atoms with E-state index < -0.39 is 0 Å². The summed E-state index contributed by atoms with van der Waals surface area (Å²) in [6.45, 7) is 11.1. The van der Waals surface area contributed by atoms with Gasteiger partial charge in [-0.05, 0) is 44.6 Å². The maximum Gasteiger partial charge on any atom is 0.309 e. The van der Waals surface area contributed by atoms with Crippen molar-refractivity contribution in [1.29, 1.82) is 0 Å². The third kappa shape index (κ3) is 7.59. The maximum absolute atomic E-state index is 12.4. The lowest BCUT2D eigenvalue weighted by molar-refractivity contribution is -0.149. The van der Waals surface area contributed by atoms with Gasteiger partial charge in [-0.15, -0.1) is 0 Å². The molecule has 0 unspecified atom stereocenters. The van der Waals surface area contributed by atoms with Crippen molar-refractivity contribution in [3.63, 3.8) is 0 Å². The molecule has 1 N–H and O–H groups in total. The molecule has 0 radical (unpaired) electrons. The molecule has 8 nitrogen and oxygen atoms in total. The van der Waals surface area contributed by atoms with E-state index in [0.717, 1.165) is 37.0 Å². The lowest BCUT2D eigenvalue weighted by atomic mass is 9.81. The second-order valence-electron chi connectivity index (χ2n) is 8.19. The van der Waals surface area contributed by atoms with Crippen LogP contribution in [0.2, 0.25) is 0 Å². The van der Waals surface area contributed by atoms with Crippen molar-refractivity contribution in [2.24, 2.45) is 16.8 Å². The molecule has 1 fully saturated rings. The van der Waals surface area contributed by atoms with E-state index in [-0.39, 0.29) is 42.6 Å². The number of rotatable bonds is 11. The zero-order valence-electron chi connectivity index (χ0n) is 19.4. The first kappa shape index (κ1) is 25.2. The van der Waals surface area contributed by atoms with Gasteiger partial charge in [0.2, 0.25) is 0 Å². The van der Waals surface area contributed by atoms with E-state index in [1.165, 1.54) is 13.8 Å². The summed E-state index contributed by atoms with van der Waals surface area (Å²) in [5, 5.41) is 0. The van der Waals surface area contributed by atoms with Gasteiger partial charge in [-0.25, -0.2) is 4.98 Å². The number of carbonyl (C=O) groups excluding carboxylic acids is 3. The van der Waals surface area contributed by atoms with Crippen molar-refractivity contribution in [2.45, 2.75) is 66.4 Å². The number of H-pyrrole nitrogens is 1. The minimum Gasteiger partial charge on any atom is -0.492 e. The largest absolute Gasteiger partial charge is 0.492 e. The molecule has 1 aliphatic rings. The quantitative estimate of drug-likeness (QED) is 0.236. The average Bonchev–Trinajstić information content (AvgIpc) is 3.25. The number of nitrogens with zero attached hydrogens (tertiary/aromatic N) is 2. The van der Waals surface area contributed by atoms with Crippen molar-refractivity contribution in [2.75, 3.05) is 6.61 Å². The number of carbonyl (C=O) groups is 3. The molecule has 0 amide bonds. The van der Waals surface area contributed by atoms with Crippen LogP contribution < -0.4 is 0 Å². The molecule has 0 bridgehead atoms. The highest BCUT2D eigenvalue weighted by molar-refractivity contribution is 6.39. The van der Waals surface area contributed by atoms with Crippen LogP contribution >= 0.6 is 0 Å². The molecule has 0 aliphatic heterocycles. The van der Waals surface area contributed by atoms with Crippen molar-refractivity contribution >= 4 is 23.2 Å². The molecule has 32 heavy (non-hydrogen) atoms. The van der Waals surface area contributed by atoms with Crippen molar-refractivity contribution < 1.29 is 23.9 Å². The third-order valence-corrected chi connectivity index (χ3v) is 5.51. The number of aliphatic imine (C=N–C) groups is 1. The summed E-state index contributed by atoms with van der Waals surface area (Å²) in [6.07, 6.45) is 6.78. The highest BCUT2D eigenvalue weighted by Crippen LogP contribution is 2.34. The number of nitrogens with one attached hydrogen (secondary N) is 1. The molecule has 1 saturated carbocycles. The van der Waals surface area contributed by atoms with Crippen LogP contribution in [-0.4, -0.2) is 39.8 Å². The molecule has 0 atom stereocenters. The Hall–Kier alpha value is -3.03. The minimum atomic E-state index is -0.205. The van der Waals surface area contributed by atoms with Gasteiger partial charge in [0, 0.05) is 26.0 Å². The highest BCUT2D eigenvalue weighted by atomic mass is 16.5. The fourth-order valence-electron chi connectivity index (χ4n) is 3.51. The molecule has 1 aliphatic carbocycles. The molecular formula is C24H33N3O5. The third-order valence-electron chi connectivity index (χ3n) is 5.51. The Labute approximate surface area is 189 Å². The summed E-state index contributed by atoms with van der Waals surface area (Å²) in [6, 6.07) is 0. The normalized spacial score (nSPS) is 19.4. The zero-order valence-corrected chi connectivity index (χ0v) is 19.4. The predicted octanol–water partition coefficient (Wildman–Crippen LogP) is 4.34. The van der Waals surface area contributed by atoms with Gasteiger partial charge in [0.15, 0.2) is 17.4 Å². The van der Waals surface area contributed by atoms with Crippen LogP contribution in [0.15, 0.2) is 35.3 Å². The van der Waals surface area contributed by atoms with E-state index in [1.54, 1.807) is 12.4 Å². The number of allylic oxidation sites excluding steroid dienone is 1. The molecular weight excluding hydrogens is 410 g/mol. The topological polar surface area (TPSA) is 111 Å². The molecule has 2 rings (SSSR count). The molecule has 0 spiro atoms. The van der Waals surface area contributed by atoms with E-state index in [0.29, 0.717) is 23.7 Å². The second-order valence-corrected chi connectivity index (χ2v) is 8.19. The zero-order chi connectivity index (χ0) is 23.7. The standard InChI is InChI=1S/C24H33N3O5/c1-6-22(16(3)28)25-11-15(2)13-32-24(30)20-9-7-19(8-10-20)18(5)31-14-21-12-26-23(27-21)17(4)29/h11-12,19-20H,5-10,13-14H2,1-4H3,(H,26,27)/b15-11+,25-22?. The fraction of sp³-hybridized carbons (Fsp3) is 0.542. The Kier molecular flexibility index (Phi) is 9.56. The molecule has 1 heterocycles. The van der Waals surface area contributed by atoms with Crippen LogP contribution in [-0.2, 0) is 25.7 Å². The monoisotopic (exact) mass is 443 g/mol. The molecule has 1 aromatic heterocycles. The molecule has 0 saturated heterocycles. The lowest BCUT2D eigenvalue weighted by Gasteiger charge is -2.28. The number of hydrogen-bond acceptors (Lipinski definition) is 7.